The van der Waals surface area contributed by atoms with Gasteiger partial charge in [-0.25, -0.2) is 0 Å². The van der Waals surface area contributed by atoms with E-state index in [0.29, 0.717) is 19.4 Å². The Bertz CT molecular complexity index is 501. The number of rotatable bonds is 13. The topological polar surface area (TPSA) is 62.1 Å². The lowest BCUT2D eigenvalue weighted by atomic mass is 10.1. The highest BCUT2D eigenvalue weighted by Gasteiger charge is 2.20. The highest BCUT2D eigenvalue weighted by Crippen LogP contribution is 2.09. The second-order valence-corrected chi connectivity index (χ2v) is 6.25. The molecule has 0 aromatic rings. The predicted molar refractivity (Wildman–Crippen MR) is 104 cm³/mol. The fourth-order valence-electron chi connectivity index (χ4n) is 2.20. The van der Waals surface area contributed by atoms with Gasteiger partial charge < -0.3 is 10.1 Å². The third-order valence-corrected chi connectivity index (χ3v) is 3.96. The van der Waals surface area contributed by atoms with Crippen LogP contribution in [0.2, 0.25) is 0 Å². The minimum absolute atomic E-state index is 0.217. The largest absolute Gasteiger partial charge is 0.368 e. The van der Waals surface area contributed by atoms with E-state index in [4.69, 9.17) is 4.74 Å². The molecule has 1 N–H and O–H groups in total. The van der Waals surface area contributed by atoms with Gasteiger partial charge in [0.25, 0.3) is 0 Å². The second kappa shape index (κ2) is 14.5. The maximum Gasteiger partial charge on any atom is 0.250 e. The van der Waals surface area contributed by atoms with Crippen molar-refractivity contribution in [3.8, 4) is 6.07 Å². The van der Waals surface area contributed by atoms with E-state index in [1.54, 1.807) is 0 Å². The first-order valence-electron chi connectivity index (χ1n) is 9.28. The summed E-state index contributed by atoms with van der Waals surface area (Å²) in [6.07, 6.45) is 10.8. The molecule has 2 unspecified atom stereocenters. The number of nitrogens with zero attached hydrogens (tertiary/aromatic N) is 1. The fourth-order valence-corrected chi connectivity index (χ4v) is 2.20. The molecule has 2 atom stereocenters. The van der Waals surface area contributed by atoms with E-state index in [0.717, 1.165) is 24.0 Å². The maximum atomic E-state index is 12.3. The van der Waals surface area contributed by atoms with E-state index in [1.807, 2.05) is 39.0 Å². The summed E-state index contributed by atoms with van der Waals surface area (Å²) < 4.78 is 5.68. The highest BCUT2D eigenvalue weighted by atomic mass is 16.5. The fraction of sp³-hybridized carbons (Fsp3) is 0.619. The number of hydrogen-bond acceptors (Lipinski definition) is 3. The van der Waals surface area contributed by atoms with E-state index in [1.165, 1.54) is 12.8 Å². The molecule has 0 aliphatic carbocycles. The number of carbonyl (C=O) groups is 1. The number of unbranched alkanes of at least 4 members (excludes halogenated alkanes) is 3. The molecule has 0 fully saturated rings. The van der Waals surface area contributed by atoms with Gasteiger partial charge in [0.05, 0.1) is 6.07 Å². The van der Waals surface area contributed by atoms with Gasteiger partial charge in [0, 0.05) is 13.0 Å². The molecular weight excluding hydrogens is 312 g/mol. The molecule has 0 aliphatic rings. The third-order valence-electron chi connectivity index (χ3n) is 3.96. The van der Waals surface area contributed by atoms with Crippen LogP contribution in [0.1, 0.15) is 66.2 Å². The van der Waals surface area contributed by atoms with Gasteiger partial charge in [0.1, 0.15) is 12.1 Å². The third kappa shape index (κ3) is 11.3. The Kier molecular flexibility index (Phi) is 13.4. The lowest BCUT2D eigenvalue weighted by molar-refractivity contribution is -0.133. The minimum Gasteiger partial charge on any atom is -0.368 e. The van der Waals surface area contributed by atoms with Gasteiger partial charge in [-0.3, -0.25) is 4.79 Å². The van der Waals surface area contributed by atoms with Crippen molar-refractivity contribution >= 4 is 5.91 Å². The van der Waals surface area contributed by atoms with E-state index in [9.17, 15) is 10.1 Å². The van der Waals surface area contributed by atoms with Crippen molar-refractivity contribution in [1.82, 2.24) is 5.32 Å². The zero-order valence-electron chi connectivity index (χ0n) is 16.3. The Morgan fingerprint density at radius 1 is 1.28 bits per heavy atom. The molecule has 0 saturated heterocycles. The SMILES string of the molecule is C=C(/C=C\C(C)=C/C)CC(C#N)NC(=O)C(CC)OCCCCCC. The molecule has 0 spiro atoms. The molecule has 0 aliphatic heterocycles. The van der Waals surface area contributed by atoms with Crippen molar-refractivity contribution in [2.24, 2.45) is 0 Å². The van der Waals surface area contributed by atoms with Crippen LogP contribution >= 0.6 is 0 Å². The van der Waals surface area contributed by atoms with Gasteiger partial charge in [-0.05, 0) is 26.7 Å². The van der Waals surface area contributed by atoms with Crippen LogP contribution in [0.3, 0.4) is 0 Å². The van der Waals surface area contributed by atoms with Gasteiger partial charge in [0.2, 0.25) is 5.91 Å². The van der Waals surface area contributed by atoms with Gasteiger partial charge in [-0.15, -0.1) is 0 Å². The molecule has 0 heterocycles. The summed E-state index contributed by atoms with van der Waals surface area (Å²) in [6, 6.07) is 1.54. The van der Waals surface area contributed by atoms with E-state index >= 15 is 0 Å². The monoisotopic (exact) mass is 346 g/mol. The quantitative estimate of drug-likeness (QED) is 0.383. The molecule has 0 bridgehead atoms. The van der Waals surface area contributed by atoms with E-state index in [-0.39, 0.29) is 5.91 Å². The molecule has 4 nitrogen and oxygen atoms in total. The van der Waals surface area contributed by atoms with Crippen molar-refractivity contribution in [2.45, 2.75) is 78.4 Å². The predicted octanol–water partition coefficient (Wildman–Crippen LogP) is 4.84. The first-order chi connectivity index (χ1) is 12.0. The number of nitrogens with one attached hydrogen (secondary N) is 1. The molecule has 0 radical (unpaired) electrons. The van der Waals surface area contributed by atoms with Gasteiger partial charge in [-0.2, -0.15) is 5.26 Å². The molecule has 25 heavy (non-hydrogen) atoms. The lowest BCUT2D eigenvalue weighted by Crippen LogP contribution is -2.42. The molecule has 0 saturated carbocycles. The Morgan fingerprint density at radius 3 is 2.56 bits per heavy atom. The average molecular weight is 347 g/mol. The Balaban J connectivity index is 4.42. The van der Waals surface area contributed by atoms with Crippen LogP contribution in [0.25, 0.3) is 0 Å². The molecule has 0 rings (SSSR count). The maximum absolute atomic E-state index is 12.3. The standard InChI is InChI=1S/C21H34N2O2/c1-6-9-10-11-14-25-20(8-3)21(24)23-19(16-22)15-18(5)13-12-17(4)7-2/h7,12-13,19-20H,5-6,8-11,14-15H2,1-4H3,(H,23,24)/b13-12-,17-7-. The Labute approximate surface area is 153 Å². The number of hydrogen-bond donors (Lipinski definition) is 1. The molecule has 1 amide bonds. The molecular formula is C21H34N2O2. The first-order valence-corrected chi connectivity index (χ1v) is 9.28. The van der Waals surface area contributed by atoms with Crippen molar-refractivity contribution < 1.29 is 9.53 Å². The number of ether oxygens (including phenoxy) is 1. The zero-order valence-corrected chi connectivity index (χ0v) is 16.3. The molecule has 140 valence electrons. The summed E-state index contributed by atoms with van der Waals surface area (Å²) in [6.45, 7) is 12.6. The van der Waals surface area contributed by atoms with Crippen molar-refractivity contribution in [1.29, 1.82) is 5.26 Å². The number of amides is 1. The summed E-state index contributed by atoms with van der Waals surface area (Å²) in [4.78, 5) is 12.3. The van der Waals surface area contributed by atoms with Gasteiger partial charge in [0.15, 0.2) is 0 Å². The van der Waals surface area contributed by atoms with Crippen molar-refractivity contribution in [3.63, 3.8) is 0 Å². The smallest absolute Gasteiger partial charge is 0.250 e. The molecule has 0 aromatic heterocycles. The summed E-state index contributed by atoms with van der Waals surface area (Å²) in [5, 5.41) is 12.1. The van der Waals surface area contributed by atoms with Crippen LogP contribution in [0, 0.1) is 11.3 Å². The second-order valence-electron chi connectivity index (χ2n) is 6.25. The minimum atomic E-state index is -0.590. The van der Waals surface area contributed by atoms with Gasteiger partial charge >= 0.3 is 0 Å². The number of allylic oxidation sites excluding steroid dienone is 4. The summed E-state index contributed by atoms with van der Waals surface area (Å²) in [5.74, 6) is -0.217. The van der Waals surface area contributed by atoms with Gasteiger partial charge in [-0.1, -0.05) is 69.1 Å². The zero-order chi connectivity index (χ0) is 19.1. The van der Waals surface area contributed by atoms with Crippen LogP contribution in [0.5, 0.6) is 0 Å². The number of carbonyl (C=O) groups excluding carboxylic acids is 1. The summed E-state index contributed by atoms with van der Waals surface area (Å²) in [7, 11) is 0. The summed E-state index contributed by atoms with van der Waals surface area (Å²) >= 11 is 0. The Morgan fingerprint density at radius 2 is 2.00 bits per heavy atom. The lowest BCUT2D eigenvalue weighted by Gasteiger charge is -2.18. The van der Waals surface area contributed by atoms with E-state index < -0.39 is 12.1 Å². The Hall–Kier alpha value is -1.86. The van der Waals surface area contributed by atoms with Crippen LogP contribution in [0.4, 0.5) is 0 Å². The first kappa shape index (κ1) is 23.1. The van der Waals surface area contributed by atoms with E-state index in [2.05, 4.69) is 24.9 Å². The van der Waals surface area contributed by atoms with Crippen LogP contribution in [-0.4, -0.2) is 24.7 Å². The molecule has 4 heteroatoms. The van der Waals surface area contributed by atoms with Crippen LogP contribution in [0.15, 0.2) is 36.0 Å². The van der Waals surface area contributed by atoms with Crippen LogP contribution in [-0.2, 0) is 9.53 Å². The highest BCUT2D eigenvalue weighted by molar-refractivity contribution is 5.81. The summed E-state index contributed by atoms with van der Waals surface area (Å²) in [5.41, 5.74) is 1.93. The van der Waals surface area contributed by atoms with Crippen LogP contribution < -0.4 is 5.32 Å². The normalized spacial score (nSPS) is 14.1. The van der Waals surface area contributed by atoms with Crippen molar-refractivity contribution in [2.75, 3.05) is 6.61 Å². The molecule has 0 aromatic carbocycles. The van der Waals surface area contributed by atoms with Crippen molar-refractivity contribution in [3.05, 3.63) is 36.0 Å². The number of nitriles is 1. The average Bonchev–Trinajstić information content (AvgIpc) is 2.61.